The van der Waals surface area contributed by atoms with E-state index in [4.69, 9.17) is 9.47 Å². The molecule has 6 heteroatoms. The minimum Gasteiger partial charge on any atom is -0.497 e. The number of benzene rings is 2. The van der Waals surface area contributed by atoms with Crippen LogP contribution in [0.1, 0.15) is 66.2 Å². The van der Waals surface area contributed by atoms with Crippen LogP contribution in [0.3, 0.4) is 0 Å². The van der Waals surface area contributed by atoms with Crippen LogP contribution in [0.15, 0.2) is 48.5 Å². The summed E-state index contributed by atoms with van der Waals surface area (Å²) in [6.45, 7) is 2.79. The number of ether oxygens (including phenoxy) is 2. The largest absolute Gasteiger partial charge is 0.497 e. The first-order valence-corrected chi connectivity index (χ1v) is 11.3. The van der Waals surface area contributed by atoms with Crippen molar-refractivity contribution in [3.63, 3.8) is 0 Å². The van der Waals surface area contributed by atoms with E-state index in [-0.39, 0.29) is 17.4 Å². The molecule has 2 unspecified atom stereocenters. The molecule has 2 atom stereocenters. The van der Waals surface area contributed by atoms with Crippen molar-refractivity contribution in [2.24, 2.45) is 5.92 Å². The first-order valence-electron chi connectivity index (χ1n) is 11.3. The topological polar surface area (TPSA) is 76.7 Å². The zero-order valence-corrected chi connectivity index (χ0v) is 19.3. The molecule has 6 nitrogen and oxygen atoms in total. The Bertz CT molecular complexity index is 895. The molecule has 0 aliphatic heterocycles. The normalized spacial score (nSPS) is 20.3. The minimum atomic E-state index is -0.202. The Morgan fingerprint density at radius 3 is 2.06 bits per heavy atom. The third-order valence-corrected chi connectivity index (χ3v) is 6.27. The van der Waals surface area contributed by atoms with Crippen molar-refractivity contribution >= 4 is 11.8 Å². The number of carbonyl (C=O) groups excluding carboxylic acids is 2. The predicted octanol–water partition coefficient (Wildman–Crippen LogP) is 4.59. The average molecular weight is 439 g/mol. The van der Waals surface area contributed by atoms with Gasteiger partial charge in [-0.25, -0.2) is 0 Å². The summed E-state index contributed by atoms with van der Waals surface area (Å²) in [5.41, 5.74) is 1.08. The third-order valence-electron chi connectivity index (χ3n) is 6.27. The van der Waals surface area contributed by atoms with Gasteiger partial charge in [-0.15, -0.1) is 0 Å². The fraction of sp³-hybridized carbons (Fsp3) is 0.462. The van der Waals surface area contributed by atoms with Crippen molar-refractivity contribution < 1.29 is 19.1 Å². The first kappa shape index (κ1) is 23.6. The molecule has 0 saturated heterocycles. The highest BCUT2D eigenvalue weighted by molar-refractivity contribution is 5.95. The molecule has 2 aromatic rings. The Morgan fingerprint density at radius 1 is 0.938 bits per heavy atom. The highest BCUT2D eigenvalue weighted by Crippen LogP contribution is 2.35. The van der Waals surface area contributed by atoms with Gasteiger partial charge < -0.3 is 20.1 Å². The van der Waals surface area contributed by atoms with Gasteiger partial charge in [-0.05, 0) is 87.1 Å². The highest BCUT2D eigenvalue weighted by atomic mass is 16.5. The van der Waals surface area contributed by atoms with Crippen LogP contribution in [0.5, 0.6) is 11.5 Å². The lowest BCUT2D eigenvalue weighted by Crippen LogP contribution is -2.49. The van der Waals surface area contributed by atoms with E-state index in [2.05, 4.69) is 17.6 Å². The van der Waals surface area contributed by atoms with Gasteiger partial charge in [0, 0.05) is 23.2 Å². The highest BCUT2D eigenvalue weighted by Gasteiger charge is 2.33. The maximum Gasteiger partial charge on any atom is 0.251 e. The number of nitrogens with one attached hydrogen (secondary N) is 2. The number of methoxy groups -OCH3 is 2. The van der Waals surface area contributed by atoms with Gasteiger partial charge in [-0.3, -0.25) is 9.59 Å². The fourth-order valence-corrected chi connectivity index (χ4v) is 4.51. The van der Waals surface area contributed by atoms with E-state index < -0.39 is 0 Å². The maximum atomic E-state index is 12.7. The first-order chi connectivity index (χ1) is 15.4. The molecular weight excluding hydrogens is 404 g/mol. The smallest absolute Gasteiger partial charge is 0.251 e. The van der Waals surface area contributed by atoms with E-state index in [9.17, 15) is 9.59 Å². The number of carbonyl (C=O) groups is 2. The van der Waals surface area contributed by atoms with Gasteiger partial charge in [0.1, 0.15) is 11.5 Å². The van der Waals surface area contributed by atoms with Gasteiger partial charge in [0.15, 0.2) is 0 Å². The maximum absolute atomic E-state index is 12.7. The molecule has 2 amide bonds. The molecule has 1 aliphatic rings. The second kappa shape index (κ2) is 11.0. The van der Waals surface area contributed by atoms with Crippen LogP contribution in [0, 0.1) is 5.92 Å². The molecule has 1 saturated carbocycles. The molecular formula is C26H34N2O4. The lowest BCUT2D eigenvalue weighted by Gasteiger charge is -2.39. The monoisotopic (exact) mass is 438 g/mol. The minimum absolute atomic E-state index is 0.0393. The Labute approximate surface area is 190 Å². The van der Waals surface area contributed by atoms with Crippen molar-refractivity contribution in [3.05, 3.63) is 59.7 Å². The quantitative estimate of drug-likeness (QED) is 0.562. The van der Waals surface area contributed by atoms with Gasteiger partial charge >= 0.3 is 0 Å². The second-order valence-corrected chi connectivity index (χ2v) is 8.83. The zero-order chi connectivity index (χ0) is 23.0. The summed E-state index contributed by atoms with van der Waals surface area (Å²) in [6.07, 6.45) is 6.18. The molecule has 0 bridgehead atoms. The number of amides is 2. The van der Waals surface area contributed by atoms with Gasteiger partial charge in [-0.2, -0.15) is 0 Å². The number of hydrogen-bond acceptors (Lipinski definition) is 4. The third kappa shape index (κ3) is 6.49. The van der Waals surface area contributed by atoms with E-state index in [1.54, 1.807) is 62.8 Å². The lowest BCUT2D eigenvalue weighted by atomic mass is 9.75. The van der Waals surface area contributed by atoms with E-state index in [0.29, 0.717) is 23.6 Å². The molecule has 172 valence electrons. The van der Waals surface area contributed by atoms with Crippen LogP contribution >= 0.6 is 0 Å². The molecule has 0 radical (unpaired) electrons. The molecule has 2 aromatic carbocycles. The summed E-state index contributed by atoms with van der Waals surface area (Å²) in [5.74, 6) is 1.92. The van der Waals surface area contributed by atoms with Crippen molar-refractivity contribution in [3.8, 4) is 11.5 Å². The predicted molar refractivity (Wildman–Crippen MR) is 125 cm³/mol. The van der Waals surface area contributed by atoms with Crippen LogP contribution in [0.4, 0.5) is 0 Å². The molecule has 0 aromatic heterocycles. The van der Waals surface area contributed by atoms with Crippen LogP contribution in [0.2, 0.25) is 0 Å². The van der Waals surface area contributed by atoms with E-state index in [0.717, 1.165) is 43.6 Å². The van der Waals surface area contributed by atoms with Crippen LogP contribution in [-0.4, -0.2) is 38.1 Å². The van der Waals surface area contributed by atoms with Crippen molar-refractivity contribution in [2.75, 3.05) is 20.8 Å². The fourth-order valence-electron chi connectivity index (χ4n) is 4.51. The Morgan fingerprint density at radius 2 is 1.50 bits per heavy atom. The van der Waals surface area contributed by atoms with Crippen LogP contribution < -0.4 is 20.1 Å². The van der Waals surface area contributed by atoms with Gasteiger partial charge in [0.25, 0.3) is 11.8 Å². The van der Waals surface area contributed by atoms with Crippen molar-refractivity contribution in [2.45, 2.75) is 51.0 Å². The Kier molecular flexibility index (Phi) is 8.14. The summed E-state index contributed by atoms with van der Waals surface area (Å²) in [6, 6.07) is 14.3. The van der Waals surface area contributed by atoms with Gasteiger partial charge in [0.05, 0.1) is 14.2 Å². The standard InChI is InChI=1S/C26H34N2O4/c1-26(28-25(30)21-10-14-23(32-3)15-11-21)16-4-6-19(18-26)7-5-17-27-24(29)20-8-12-22(31-2)13-9-20/h8-15,19H,4-7,16-18H2,1-3H3,(H,27,29)(H,28,30). The van der Waals surface area contributed by atoms with E-state index >= 15 is 0 Å². The van der Waals surface area contributed by atoms with Crippen LogP contribution in [-0.2, 0) is 0 Å². The molecule has 3 rings (SSSR count). The molecule has 1 aliphatic carbocycles. The summed E-state index contributed by atoms with van der Waals surface area (Å²) in [7, 11) is 3.22. The molecule has 1 fully saturated rings. The Hall–Kier alpha value is -3.02. The van der Waals surface area contributed by atoms with Crippen LogP contribution in [0.25, 0.3) is 0 Å². The SMILES string of the molecule is COc1ccc(C(=O)NCCCC2CCCC(C)(NC(=O)c3ccc(OC)cc3)C2)cc1. The number of hydrogen-bond donors (Lipinski definition) is 2. The molecule has 0 heterocycles. The zero-order valence-electron chi connectivity index (χ0n) is 19.3. The van der Waals surface area contributed by atoms with Gasteiger partial charge in [-0.1, -0.05) is 12.8 Å². The summed E-state index contributed by atoms with van der Waals surface area (Å²) < 4.78 is 10.3. The van der Waals surface area contributed by atoms with Crippen molar-refractivity contribution in [1.29, 1.82) is 0 Å². The van der Waals surface area contributed by atoms with Gasteiger partial charge in [0.2, 0.25) is 0 Å². The Balaban J connectivity index is 1.43. The summed E-state index contributed by atoms with van der Waals surface area (Å²) in [4.78, 5) is 25.0. The molecule has 2 N–H and O–H groups in total. The summed E-state index contributed by atoms with van der Waals surface area (Å²) >= 11 is 0. The van der Waals surface area contributed by atoms with E-state index in [1.807, 2.05) is 0 Å². The number of rotatable bonds is 9. The average Bonchev–Trinajstić information content (AvgIpc) is 2.81. The van der Waals surface area contributed by atoms with Crippen molar-refractivity contribution in [1.82, 2.24) is 10.6 Å². The lowest BCUT2D eigenvalue weighted by molar-refractivity contribution is 0.0852. The second-order valence-electron chi connectivity index (χ2n) is 8.83. The van der Waals surface area contributed by atoms with E-state index in [1.165, 1.54) is 6.42 Å². The molecule has 32 heavy (non-hydrogen) atoms. The molecule has 0 spiro atoms. The summed E-state index contributed by atoms with van der Waals surface area (Å²) in [5, 5.41) is 6.26.